The van der Waals surface area contributed by atoms with Crippen LogP contribution in [0.4, 0.5) is 0 Å². The smallest absolute Gasteiger partial charge is 0.306 e. The van der Waals surface area contributed by atoms with Gasteiger partial charge in [0.25, 0.3) is 0 Å². The Bertz CT molecular complexity index is 854. The van der Waals surface area contributed by atoms with Crippen molar-refractivity contribution in [1.29, 1.82) is 0 Å². The van der Waals surface area contributed by atoms with Gasteiger partial charge in [0.05, 0.1) is 0 Å². The summed E-state index contributed by atoms with van der Waals surface area (Å²) < 4.78 is 16.7. The molecule has 0 N–H and O–H groups in total. The molecule has 0 saturated carbocycles. The lowest BCUT2D eigenvalue weighted by molar-refractivity contribution is -0.167. The van der Waals surface area contributed by atoms with Crippen molar-refractivity contribution in [2.75, 3.05) is 13.2 Å². The third-order valence-corrected chi connectivity index (χ3v) is 11.3. The summed E-state index contributed by atoms with van der Waals surface area (Å²) in [5.74, 6) is 1.60. The molecule has 0 radical (unpaired) electrons. The van der Waals surface area contributed by atoms with Crippen LogP contribution in [-0.4, -0.2) is 37.2 Å². The van der Waals surface area contributed by atoms with Crippen LogP contribution in [0.5, 0.6) is 0 Å². The molecule has 6 nitrogen and oxygen atoms in total. The Balaban J connectivity index is 4.33. The van der Waals surface area contributed by atoms with Crippen molar-refractivity contribution in [3.8, 4) is 0 Å². The number of unbranched alkanes of at least 4 members (excludes halogenated alkanes) is 24. The minimum absolute atomic E-state index is 0.0662. The van der Waals surface area contributed by atoms with Gasteiger partial charge in [-0.25, -0.2) is 0 Å². The molecule has 0 amide bonds. The van der Waals surface area contributed by atoms with Crippen LogP contribution in [0.2, 0.25) is 0 Å². The van der Waals surface area contributed by atoms with E-state index in [1.54, 1.807) is 0 Å². The van der Waals surface area contributed by atoms with E-state index in [0.717, 1.165) is 75.5 Å². The molecule has 0 heterocycles. The van der Waals surface area contributed by atoms with Gasteiger partial charge in [-0.2, -0.15) is 0 Å². The highest BCUT2D eigenvalue weighted by atomic mass is 16.6. The molecule has 326 valence electrons. The molecule has 0 spiro atoms. The van der Waals surface area contributed by atoms with Crippen LogP contribution < -0.4 is 0 Å². The molecule has 55 heavy (non-hydrogen) atoms. The molecule has 0 aliphatic rings. The molecule has 0 bridgehead atoms. The summed E-state index contributed by atoms with van der Waals surface area (Å²) in [6, 6.07) is 0. The SMILES string of the molecule is CCC(C)CCCCCCCCCCC(=O)OC[C@@H](COC(=O)CCCCCCCCCC(C)C)OC(=O)CCCCCCCCCCCCCCC(C)C. The minimum atomic E-state index is -0.762. The zero-order chi connectivity index (χ0) is 40.6. The first-order valence-electron chi connectivity index (χ1n) is 24.1. The van der Waals surface area contributed by atoms with Crippen molar-refractivity contribution in [2.24, 2.45) is 17.8 Å². The van der Waals surface area contributed by atoms with Crippen LogP contribution in [-0.2, 0) is 28.6 Å². The monoisotopic (exact) mass is 779 g/mol. The van der Waals surface area contributed by atoms with Gasteiger partial charge >= 0.3 is 17.9 Å². The average Bonchev–Trinajstić information content (AvgIpc) is 3.15. The zero-order valence-corrected chi connectivity index (χ0v) is 37.7. The van der Waals surface area contributed by atoms with Crippen molar-refractivity contribution < 1.29 is 28.6 Å². The molecule has 1 unspecified atom stereocenters. The molecule has 0 fully saturated rings. The minimum Gasteiger partial charge on any atom is -0.462 e. The standard InChI is InChI=1S/C49H94O6/c1-7-45(6)37-31-25-19-14-15-20-26-32-38-47(50)53-41-46(42-54-48(51)39-33-27-22-16-18-24-30-36-44(4)5)55-49(52)40-34-28-21-13-11-9-8-10-12-17-23-29-35-43(2)3/h43-46H,7-42H2,1-6H3/t45?,46-/m0/s1. The van der Waals surface area contributed by atoms with Gasteiger partial charge in [0.1, 0.15) is 13.2 Å². The summed E-state index contributed by atoms with van der Waals surface area (Å²) in [6.07, 6.45) is 38.0. The number of hydrogen-bond donors (Lipinski definition) is 0. The fraction of sp³-hybridized carbons (Fsp3) is 0.939. The highest BCUT2D eigenvalue weighted by Crippen LogP contribution is 2.17. The number of carbonyl (C=O) groups is 3. The Labute approximate surface area is 342 Å². The highest BCUT2D eigenvalue weighted by Gasteiger charge is 2.19. The van der Waals surface area contributed by atoms with Gasteiger partial charge in [-0.05, 0) is 37.0 Å². The van der Waals surface area contributed by atoms with Gasteiger partial charge in [0, 0.05) is 19.3 Å². The summed E-state index contributed by atoms with van der Waals surface area (Å²) in [4.78, 5) is 37.8. The van der Waals surface area contributed by atoms with Gasteiger partial charge < -0.3 is 14.2 Å². The molecule has 0 rings (SSSR count). The van der Waals surface area contributed by atoms with Crippen LogP contribution in [0.15, 0.2) is 0 Å². The first-order chi connectivity index (χ1) is 26.6. The van der Waals surface area contributed by atoms with Gasteiger partial charge in [-0.3, -0.25) is 14.4 Å². The lowest BCUT2D eigenvalue weighted by Crippen LogP contribution is -2.30. The molecular formula is C49H94O6. The lowest BCUT2D eigenvalue weighted by Gasteiger charge is -2.18. The summed E-state index contributed by atoms with van der Waals surface area (Å²) in [7, 11) is 0. The molecule has 0 aliphatic carbocycles. The van der Waals surface area contributed by atoms with Gasteiger partial charge in [0.15, 0.2) is 6.10 Å². The van der Waals surface area contributed by atoms with Crippen LogP contribution in [0.3, 0.4) is 0 Å². The molecule has 0 aromatic rings. The molecule has 2 atom stereocenters. The summed E-state index contributed by atoms with van der Waals surface area (Å²) in [6.45, 7) is 13.7. The second-order valence-corrected chi connectivity index (χ2v) is 17.9. The van der Waals surface area contributed by atoms with Crippen LogP contribution in [0, 0.1) is 17.8 Å². The van der Waals surface area contributed by atoms with E-state index in [1.165, 1.54) is 141 Å². The lowest BCUT2D eigenvalue weighted by atomic mass is 9.99. The first kappa shape index (κ1) is 53.4. The van der Waals surface area contributed by atoms with Crippen molar-refractivity contribution in [2.45, 2.75) is 266 Å². The van der Waals surface area contributed by atoms with Crippen molar-refractivity contribution in [1.82, 2.24) is 0 Å². The molecule has 0 aromatic carbocycles. The number of hydrogen-bond acceptors (Lipinski definition) is 6. The maximum absolute atomic E-state index is 12.7. The Hall–Kier alpha value is -1.59. The molecule has 6 heteroatoms. The van der Waals surface area contributed by atoms with E-state index >= 15 is 0 Å². The fourth-order valence-corrected chi connectivity index (χ4v) is 7.20. The average molecular weight is 779 g/mol. The van der Waals surface area contributed by atoms with Crippen LogP contribution in [0.25, 0.3) is 0 Å². The van der Waals surface area contributed by atoms with E-state index in [9.17, 15) is 14.4 Å². The topological polar surface area (TPSA) is 78.9 Å². The quantitative estimate of drug-likeness (QED) is 0.0349. The summed E-state index contributed by atoms with van der Waals surface area (Å²) in [5.41, 5.74) is 0. The third kappa shape index (κ3) is 41.9. The summed E-state index contributed by atoms with van der Waals surface area (Å²) >= 11 is 0. The summed E-state index contributed by atoms with van der Waals surface area (Å²) in [5, 5.41) is 0. The van der Waals surface area contributed by atoms with E-state index in [-0.39, 0.29) is 31.1 Å². The van der Waals surface area contributed by atoms with Gasteiger partial charge in [-0.15, -0.1) is 0 Å². The van der Waals surface area contributed by atoms with Crippen molar-refractivity contribution in [3.63, 3.8) is 0 Å². The van der Waals surface area contributed by atoms with Gasteiger partial charge in [-0.1, -0.05) is 221 Å². The van der Waals surface area contributed by atoms with Crippen molar-refractivity contribution in [3.05, 3.63) is 0 Å². The van der Waals surface area contributed by atoms with Crippen LogP contribution in [0.1, 0.15) is 260 Å². The zero-order valence-electron chi connectivity index (χ0n) is 37.7. The number of esters is 3. The van der Waals surface area contributed by atoms with E-state index in [0.29, 0.717) is 19.3 Å². The predicted octanol–water partition coefficient (Wildman–Crippen LogP) is 15.2. The Morgan fingerprint density at radius 3 is 0.945 bits per heavy atom. The van der Waals surface area contributed by atoms with E-state index in [4.69, 9.17) is 14.2 Å². The highest BCUT2D eigenvalue weighted by molar-refractivity contribution is 5.71. The predicted molar refractivity (Wildman–Crippen MR) is 233 cm³/mol. The fourth-order valence-electron chi connectivity index (χ4n) is 7.20. The molecular weight excluding hydrogens is 685 g/mol. The second-order valence-electron chi connectivity index (χ2n) is 17.9. The Morgan fingerprint density at radius 1 is 0.364 bits per heavy atom. The third-order valence-electron chi connectivity index (χ3n) is 11.3. The second kappa shape index (κ2) is 40.6. The van der Waals surface area contributed by atoms with E-state index in [2.05, 4.69) is 41.5 Å². The molecule has 0 saturated heterocycles. The van der Waals surface area contributed by atoms with Gasteiger partial charge in [0.2, 0.25) is 0 Å². The molecule has 0 aliphatic heterocycles. The molecule has 0 aromatic heterocycles. The number of ether oxygens (including phenoxy) is 3. The Kier molecular flexibility index (Phi) is 39.4. The first-order valence-corrected chi connectivity index (χ1v) is 24.1. The van der Waals surface area contributed by atoms with Crippen molar-refractivity contribution >= 4 is 17.9 Å². The van der Waals surface area contributed by atoms with E-state index in [1.807, 2.05) is 0 Å². The largest absolute Gasteiger partial charge is 0.462 e. The maximum Gasteiger partial charge on any atom is 0.306 e. The number of carbonyl (C=O) groups excluding carboxylic acids is 3. The maximum atomic E-state index is 12.7. The van der Waals surface area contributed by atoms with Crippen LogP contribution >= 0.6 is 0 Å². The number of rotatable bonds is 42. The van der Waals surface area contributed by atoms with E-state index < -0.39 is 6.10 Å². The Morgan fingerprint density at radius 2 is 0.636 bits per heavy atom. The normalized spacial score (nSPS) is 12.7.